The van der Waals surface area contributed by atoms with E-state index >= 15 is 0 Å². The number of hydrogen-bond donors (Lipinski definition) is 2. The lowest BCUT2D eigenvalue weighted by Gasteiger charge is -2.28. The van der Waals surface area contributed by atoms with Gasteiger partial charge in [-0.25, -0.2) is 14.3 Å². The summed E-state index contributed by atoms with van der Waals surface area (Å²) in [4.78, 5) is 30.0. The lowest BCUT2D eigenvalue weighted by molar-refractivity contribution is 0.0235. The average Bonchev–Trinajstić information content (AvgIpc) is 3.38. The number of carbonyl (C=O) groups is 2. The zero-order valence-corrected chi connectivity index (χ0v) is 18.5. The molecule has 1 aliphatic heterocycles. The second-order valence-electron chi connectivity index (χ2n) is 8.92. The fourth-order valence-corrected chi connectivity index (χ4v) is 3.80. The van der Waals surface area contributed by atoms with Gasteiger partial charge in [0, 0.05) is 24.2 Å². The summed E-state index contributed by atoms with van der Waals surface area (Å²) < 4.78 is 7.29. The predicted octanol–water partition coefficient (Wildman–Crippen LogP) is 3.31. The van der Waals surface area contributed by atoms with Gasteiger partial charge in [0.1, 0.15) is 11.4 Å². The first kappa shape index (κ1) is 21.6. The van der Waals surface area contributed by atoms with E-state index in [0.717, 1.165) is 24.1 Å². The monoisotopic (exact) mass is 436 g/mol. The van der Waals surface area contributed by atoms with Crippen molar-refractivity contribution in [2.45, 2.75) is 45.3 Å². The number of rotatable bonds is 5. The molecule has 0 spiro atoms. The molecule has 9 nitrogen and oxygen atoms in total. The molecular weight excluding hydrogens is 408 g/mol. The van der Waals surface area contributed by atoms with Crippen molar-refractivity contribution >= 4 is 23.5 Å². The van der Waals surface area contributed by atoms with Crippen LogP contribution in [0.1, 0.15) is 44.0 Å². The molecule has 2 aromatic heterocycles. The number of amides is 2. The lowest BCUT2D eigenvalue weighted by atomic mass is 10.1. The third-order valence-electron chi connectivity index (χ3n) is 5.35. The van der Waals surface area contributed by atoms with E-state index in [4.69, 9.17) is 10.5 Å². The third-order valence-corrected chi connectivity index (χ3v) is 5.35. The number of anilines is 1. The maximum atomic E-state index is 12.5. The van der Waals surface area contributed by atoms with E-state index in [2.05, 4.69) is 15.4 Å². The summed E-state index contributed by atoms with van der Waals surface area (Å²) in [7, 11) is 0. The molecule has 1 fully saturated rings. The molecule has 168 valence electrons. The minimum atomic E-state index is -0.516. The van der Waals surface area contributed by atoms with E-state index in [-0.39, 0.29) is 12.1 Å². The highest BCUT2D eigenvalue weighted by molar-refractivity contribution is 5.93. The van der Waals surface area contributed by atoms with Crippen LogP contribution in [0.2, 0.25) is 0 Å². The largest absolute Gasteiger partial charge is 0.444 e. The van der Waals surface area contributed by atoms with Gasteiger partial charge in [0.05, 0.1) is 17.9 Å². The molecule has 0 bridgehead atoms. The smallest absolute Gasteiger partial charge is 0.410 e. The molecule has 3 heterocycles. The van der Waals surface area contributed by atoms with E-state index in [1.54, 1.807) is 27.7 Å². The number of nitrogens with zero attached hydrogens (tertiary/aromatic N) is 4. The van der Waals surface area contributed by atoms with Crippen molar-refractivity contribution in [3.05, 3.63) is 48.2 Å². The summed E-state index contributed by atoms with van der Waals surface area (Å²) in [6.45, 7) is 6.89. The Balaban J connectivity index is 1.49. The first-order valence-electron chi connectivity index (χ1n) is 10.7. The van der Waals surface area contributed by atoms with Crippen LogP contribution in [0.3, 0.4) is 0 Å². The molecule has 1 saturated heterocycles. The van der Waals surface area contributed by atoms with E-state index in [1.165, 1.54) is 0 Å². The second-order valence-corrected chi connectivity index (χ2v) is 8.92. The number of aromatic nitrogens is 3. The van der Waals surface area contributed by atoms with Gasteiger partial charge >= 0.3 is 6.09 Å². The quantitative estimate of drug-likeness (QED) is 0.634. The Kier molecular flexibility index (Phi) is 5.73. The predicted molar refractivity (Wildman–Crippen MR) is 121 cm³/mol. The summed E-state index contributed by atoms with van der Waals surface area (Å²) in [6.07, 6.45) is 3.33. The summed E-state index contributed by atoms with van der Waals surface area (Å²) in [5.74, 6) is 0.216. The van der Waals surface area contributed by atoms with E-state index in [0.29, 0.717) is 30.1 Å². The fourth-order valence-electron chi connectivity index (χ4n) is 3.80. The molecule has 1 atom stereocenters. The van der Waals surface area contributed by atoms with Crippen LogP contribution < -0.4 is 11.1 Å². The molecular formula is C23H28N6O3. The highest BCUT2D eigenvalue weighted by Crippen LogP contribution is 2.23. The van der Waals surface area contributed by atoms with Gasteiger partial charge in [-0.1, -0.05) is 12.1 Å². The van der Waals surface area contributed by atoms with Gasteiger partial charge in [-0.2, -0.15) is 0 Å². The van der Waals surface area contributed by atoms with Crippen LogP contribution in [0, 0.1) is 0 Å². The van der Waals surface area contributed by atoms with Crippen molar-refractivity contribution in [3.63, 3.8) is 0 Å². The first-order valence-corrected chi connectivity index (χ1v) is 10.7. The Bertz CT molecular complexity index is 1130. The molecule has 0 radical (unpaired) electrons. The zero-order valence-electron chi connectivity index (χ0n) is 18.5. The number of hydrogen-bond acceptors (Lipinski definition) is 6. The number of fused-ring (bicyclic) bond motifs is 1. The van der Waals surface area contributed by atoms with Gasteiger partial charge in [0.2, 0.25) is 5.91 Å². The molecule has 0 aliphatic carbocycles. The fraction of sp³-hybridized carbons (Fsp3) is 0.391. The molecule has 9 heteroatoms. The highest BCUT2D eigenvalue weighted by atomic mass is 16.6. The minimum Gasteiger partial charge on any atom is -0.444 e. The average molecular weight is 437 g/mol. The topological polar surface area (TPSA) is 115 Å². The SMILES string of the molecule is CC(C)(C)OC(=O)N1CCC[C@H]1CNc1ccc2ncc(-c3ccc(C(N)=O)cc3)n2n1. The third kappa shape index (κ3) is 4.66. The number of primary amides is 1. The van der Waals surface area contributed by atoms with Crippen molar-refractivity contribution in [1.82, 2.24) is 19.5 Å². The van der Waals surface area contributed by atoms with Crippen LogP contribution in [0.4, 0.5) is 10.6 Å². The summed E-state index contributed by atoms with van der Waals surface area (Å²) in [5.41, 5.74) is 7.64. The standard InChI is InChI=1S/C23H28N6O3/c1-23(2,3)32-22(31)28-12-4-5-17(28)13-25-19-10-11-20-26-14-18(29(20)27-19)15-6-8-16(9-7-15)21(24)30/h6-11,14,17H,4-5,12-13H2,1-3H3,(H2,24,30)(H,25,27)/t17-/m0/s1. The number of carbonyl (C=O) groups excluding carboxylic acids is 2. The summed E-state index contributed by atoms with van der Waals surface area (Å²) >= 11 is 0. The van der Waals surface area contributed by atoms with Gasteiger partial charge in [0.15, 0.2) is 5.65 Å². The number of nitrogens with one attached hydrogen (secondary N) is 1. The van der Waals surface area contributed by atoms with Gasteiger partial charge in [0.25, 0.3) is 0 Å². The number of imidazole rings is 1. The van der Waals surface area contributed by atoms with Crippen molar-refractivity contribution in [2.24, 2.45) is 5.73 Å². The maximum absolute atomic E-state index is 12.5. The normalized spacial score (nSPS) is 16.3. The van der Waals surface area contributed by atoms with Gasteiger partial charge in [-0.05, 0) is 57.9 Å². The number of ether oxygens (including phenoxy) is 1. The van der Waals surface area contributed by atoms with Crippen LogP contribution in [0.25, 0.3) is 16.9 Å². The Morgan fingerprint density at radius 3 is 2.62 bits per heavy atom. The molecule has 32 heavy (non-hydrogen) atoms. The van der Waals surface area contributed by atoms with Crippen LogP contribution in [-0.4, -0.2) is 56.2 Å². The van der Waals surface area contributed by atoms with Crippen molar-refractivity contribution in [2.75, 3.05) is 18.4 Å². The molecule has 0 saturated carbocycles. The van der Waals surface area contributed by atoms with Crippen LogP contribution in [0.15, 0.2) is 42.6 Å². The Morgan fingerprint density at radius 2 is 1.94 bits per heavy atom. The minimum absolute atomic E-state index is 0.0472. The van der Waals surface area contributed by atoms with Crippen LogP contribution in [0.5, 0.6) is 0 Å². The highest BCUT2D eigenvalue weighted by Gasteiger charge is 2.32. The Morgan fingerprint density at radius 1 is 1.19 bits per heavy atom. The first-order chi connectivity index (χ1) is 15.2. The number of likely N-dealkylation sites (tertiary alicyclic amines) is 1. The molecule has 3 N–H and O–H groups in total. The molecule has 2 amide bonds. The lowest BCUT2D eigenvalue weighted by Crippen LogP contribution is -2.42. The van der Waals surface area contributed by atoms with E-state index in [9.17, 15) is 9.59 Å². The van der Waals surface area contributed by atoms with Crippen molar-refractivity contribution in [3.8, 4) is 11.3 Å². The van der Waals surface area contributed by atoms with Crippen molar-refractivity contribution in [1.29, 1.82) is 0 Å². The van der Waals surface area contributed by atoms with E-state index in [1.807, 2.05) is 45.0 Å². The molecule has 3 aromatic rings. The van der Waals surface area contributed by atoms with Gasteiger partial charge < -0.3 is 20.7 Å². The number of nitrogens with two attached hydrogens (primary N) is 1. The Hall–Kier alpha value is -3.62. The van der Waals surface area contributed by atoms with Crippen molar-refractivity contribution < 1.29 is 14.3 Å². The zero-order chi connectivity index (χ0) is 22.9. The maximum Gasteiger partial charge on any atom is 0.410 e. The van der Waals surface area contributed by atoms with Crippen LogP contribution in [-0.2, 0) is 4.74 Å². The number of benzene rings is 1. The molecule has 4 rings (SSSR count). The van der Waals surface area contributed by atoms with Gasteiger partial charge in [-0.15, -0.1) is 5.10 Å². The summed E-state index contributed by atoms with van der Waals surface area (Å²) in [6, 6.07) is 10.8. The summed E-state index contributed by atoms with van der Waals surface area (Å²) in [5, 5.41) is 8.02. The van der Waals surface area contributed by atoms with Gasteiger partial charge in [-0.3, -0.25) is 4.79 Å². The second kappa shape index (κ2) is 8.49. The molecule has 1 aromatic carbocycles. The van der Waals surface area contributed by atoms with E-state index < -0.39 is 11.5 Å². The molecule has 0 unspecified atom stereocenters. The molecule has 1 aliphatic rings. The Labute approximate surface area is 186 Å². The van der Waals surface area contributed by atoms with Crippen LogP contribution >= 0.6 is 0 Å².